The van der Waals surface area contributed by atoms with E-state index in [1.165, 1.54) is 23.9 Å². The van der Waals surface area contributed by atoms with Crippen LogP contribution in [0.3, 0.4) is 0 Å². The van der Waals surface area contributed by atoms with E-state index in [9.17, 15) is 14.4 Å². The van der Waals surface area contributed by atoms with Gasteiger partial charge in [-0.1, -0.05) is 11.8 Å². The Morgan fingerprint density at radius 1 is 1.22 bits per heavy atom. The zero-order valence-corrected chi connectivity index (χ0v) is 15.6. The number of hydrogen-bond donors (Lipinski definition) is 1. The Morgan fingerprint density at radius 3 is 2.67 bits per heavy atom. The van der Waals surface area contributed by atoms with Crippen molar-refractivity contribution < 1.29 is 13.9 Å². The number of carbonyl (C=O) groups is 1. The van der Waals surface area contributed by atoms with E-state index < -0.39 is 0 Å². The Bertz CT molecular complexity index is 830. The number of ether oxygens (including phenoxy) is 1. The monoisotopic (exact) mass is 385 g/mol. The van der Waals surface area contributed by atoms with Crippen LogP contribution in [0.25, 0.3) is 0 Å². The van der Waals surface area contributed by atoms with Gasteiger partial charge in [0.15, 0.2) is 0 Å². The van der Waals surface area contributed by atoms with Crippen LogP contribution in [0, 0.1) is 17.1 Å². The average Bonchev–Trinajstić information content (AvgIpc) is 2.70. The quantitative estimate of drug-likeness (QED) is 0.828. The summed E-state index contributed by atoms with van der Waals surface area (Å²) < 4.78 is 18.3. The van der Waals surface area contributed by atoms with E-state index in [0.717, 1.165) is 42.6 Å². The fourth-order valence-electron chi connectivity index (χ4n) is 2.73. The van der Waals surface area contributed by atoms with Gasteiger partial charge in [0, 0.05) is 41.5 Å². The average molecular weight is 385 g/mol. The fraction of sp³-hybridized carbons (Fsp3) is 0.300. The molecule has 1 aliphatic rings. The first-order valence-electron chi connectivity index (χ1n) is 8.71. The summed E-state index contributed by atoms with van der Waals surface area (Å²) in [7, 11) is 0. The first-order chi connectivity index (χ1) is 13.2. The van der Waals surface area contributed by atoms with Gasteiger partial charge in [-0.2, -0.15) is 5.26 Å². The Morgan fingerprint density at radius 2 is 1.96 bits per heavy atom. The number of nitriles is 1. The van der Waals surface area contributed by atoms with Gasteiger partial charge in [0.05, 0.1) is 18.8 Å². The van der Waals surface area contributed by atoms with Crippen molar-refractivity contribution in [2.75, 3.05) is 39.4 Å². The second kappa shape index (κ2) is 9.51. The number of morpholine rings is 1. The molecule has 1 heterocycles. The molecule has 0 unspecified atom stereocenters. The highest BCUT2D eigenvalue weighted by Gasteiger charge is 2.13. The van der Waals surface area contributed by atoms with E-state index in [-0.39, 0.29) is 11.7 Å². The number of amides is 1. The predicted octanol–water partition coefficient (Wildman–Crippen LogP) is 2.91. The molecule has 0 radical (unpaired) electrons. The van der Waals surface area contributed by atoms with Crippen LogP contribution in [-0.4, -0.2) is 50.2 Å². The van der Waals surface area contributed by atoms with Crippen molar-refractivity contribution >= 4 is 17.7 Å². The summed E-state index contributed by atoms with van der Waals surface area (Å²) in [6, 6.07) is 13.3. The van der Waals surface area contributed by atoms with Crippen molar-refractivity contribution in [2.45, 2.75) is 9.79 Å². The number of benzene rings is 2. The number of carbonyl (C=O) groups excluding carboxylic acids is 1. The lowest BCUT2D eigenvalue weighted by atomic mass is 10.1. The highest BCUT2D eigenvalue weighted by Crippen LogP contribution is 2.30. The van der Waals surface area contributed by atoms with Crippen LogP contribution >= 0.6 is 11.8 Å². The Balaban J connectivity index is 1.60. The summed E-state index contributed by atoms with van der Waals surface area (Å²) in [6.45, 7) is 4.54. The lowest BCUT2D eigenvalue weighted by Crippen LogP contribution is -2.41. The molecule has 2 aromatic carbocycles. The van der Waals surface area contributed by atoms with E-state index in [1.54, 1.807) is 30.3 Å². The Hall–Kier alpha value is -2.40. The summed E-state index contributed by atoms with van der Waals surface area (Å²) in [5, 5.41) is 12.3. The van der Waals surface area contributed by atoms with Crippen molar-refractivity contribution in [1.82, 2.24) is 10.2 Å². The molecule has 1 fully saturated rings. The van der Waals surface area contributed by atoms with Gasteiger partial charge in [0.25, 0.3) is 5.91 Å². The van der Waals surface area contributed by atoms with Crippen molar-refractivity contribution in [3.63, 3.8) is 0 Å². The van der Waals surface area contributed by atoms with Crippen molar-refractivity contribution in [3.05, 3.63) is 59.4 Å². The summed E-state index contributed by atoms with van der Waals surface area (Å²) in [5.74, 6) is -0.498. The molecule has 0 saturated carbocycles. The predicted molar refractivity (Wildman–Crippen MR) is 101 cm³/mol. The lowest BCUT2D eigenvalue weighted by molar-refractivity contribution is 0.0383. The van der Waals surface area contributed by atoms with Crippen LogP contribution in [0.5, 0.6) is 0 Å². The number of nitrogens with one attached hydrogen (secondary N) is 1. The molecule has 1 saturated heterocycles. The largest absolute Gasteiger partial charge is 0.379 e. The molecule has 0 aliphatic carbocycles. The van der Waals surface area contributed by atoms with Gasteiger partial charge in [-0.3, -0.25) is 9.69 Å². The molecule has 27 heavy (non-hydrogen) atoms. The molecular weight excluding hydrogens is 365 g/mol. The SMILES string of the molecule is N#Cc1cc(C(=O)NCCN2CCOCC2)ccc1Sc1ccc(F)cc1. The van der Waals surface area contributed by atoms with E-state index in [1.807, 2.05) is 0 Å². The second-order valence-electron chi connectivity index (χ2n) is 6.09. The molecule has 1 amide bonds. The topological polar surface area (TPSA) is 65.4 Å². The third-order valence-electron chi connectivity index (χ3n) is 4.22. The lowest BCUT2D eigenvalue weighted by Gasteiger charge is -2.26. The van der Waals surface area contributed by atoms with Crippen molar-refractivity contribution in [2.24, 2.45) is 0 Å². The minimum atomic E-state index is -0.302. The molecule has 140 valence electrons. The Labute approximate surface area is 162 Å². The van der Waals surface area contributed by atoms with Gasteiger partial charge >= 0.3 is 0 Å². The molecule has 0 bridgehead atoms. The van der Waals surface area contributed by atoms with E-state index in [2.05, 4.69) is 16.3 Å². The molecular formula is C20H20FN3O2S. The van der Waals surface area contributed by atoms with Crippen LogP contribution in [0.1, 0.15) is 15.9 Å². The maximum atomic E-state index is 13.0. The molecule has 2 aromatic rings. The fourth-order valence-corrected chi connectivity index (χ4v) is 3.61. The first-order valence-corrected chi connectivity index (χ1v) is 9.53. The minimum absolute atomic E-state index is 0.196. The van der Waals surface area contributed by atoms with Crippen LogP contribution in [-0.2, 0) is 4.74 Å². The van der Waals surface area contributed by atoms with Crippen LogP contribution in [0.2, 0.25) is 0 Å². The number of rotatable bonds is 6. The zero-order chi connectivity index (χ0) is 19.1. The molecule has 3 rings (SSSR count). The van der Waals surface area contributed by atoms with Gasteiger partial charge in [-0.05, 0) is 42.5 Å². The molecule has 0 spiro atoms. The maximum Gasteiger partial charge on any atom is 0.251 e. The number of hydrogen-bond acceptors (Lipinski definition) is 5. The highest BCUT2D eigenvalue weighted by atomic mass is 32.2. The molecule has 5 nitrogen and oxygen atoms in total. The summed E-state index contributed by atoms with van der Waals surface area (Å²) >= 11 is 1.37. The van der Waals surface area contributed by atoms with Gasteiger partial charge in [0.1, 0.15) is 11.9 Å². The van der Waals surface area contributed by atoms with Gasteiger partial charge in [-0.15, -0.1) is 0 Å². The number of nitrogens with zero attached hydrogens (tertiary/aromatic N) is 2. The van der Waals surface area contributed by atoms with Crippen LogP contribution in [0.15, 0.2) is 52.3 Å². The molecule has 1 N–H and O–H groups in total. The normalized spacial score (nSPS) is 14.5. The van der Waals surface area contributed by atoms with Crippen molar-refractivity contribution in [1.29, 1.82) is 5.26 Å². The molecule has 0 aromatic heterocycles. The second-order valence-corrected chi connectivity index (χ2v) is 7.20. The summed E-state index contributed by atoms with van der Waals surface area (Å²) in [6.07, 6.45) is 0. The highest BCUT2D eigenvalue weighted by molar-refractivity contribution is 7.99. The standard InChI is InChI=1S/C20H20FN3O2S/c21-17-2-4-18(5-3-17)27-19-6-1-15(13-16(19)14-22)20(25)23-7-8-24-9-11-26-12-10-24/h1-6,13H,7-12H2,(H,23,25). The molecule has 0 atom stereocenters. The van der Waals surface area contributed by atoms with E-state index >= 15 is 0 Å². The number of halogens is 1. The first kappa shape index (κ1) is 19.4. The van der Waals surface area contributed by atoms with Crippen LogP contribution in [0.4, 0.5) is 4.39 Å². The van der Waals surface area contributed by atoms with E-state index in [0.29, 0.717) is 17.7 Å². The van der Waals surface area contributed by atoms with Gasteiger partial charge in [-0.25, -0.2) is 4.39 Å². The minimum Gasteiger partial charge on any atom is -0.379 e. The molecule has 7 heteroatoms. The zero-order valence-electron chi connectivity index (χ0n) is 14.8. The molecule has 1 aliphatic heterocycles. The van der Waals surface area contributed by atoms with Gasteiger partial charge in [0.2, 0.25) is 0 Å². The van der Waals surface area contributed by atoms with E-state index in [4.69, 9.17) is 4.74 Å². The van der Waals surface area contributed by atoms with Crippen molar-refractivity contribution in [3.8, 4) is 6.07 Å². The Kier molecular flexibility index (Phi) is 6.82. The summed E-state index contributed by atoms with van der Waals surface area (Å²) in [5.41, 5.74) is 0.877. The van der Waals surface area contributed by atoms with Crippen LogP contribution < -0.4 is 5.32 Å². The third kappa shape index (κ3) is 5.54. The maximum absolute atomic E-state index is 13.0. The summed E-state index contributed by atoms with van der Waals surface area (Å²) in [4.78, 5) is 16.2. The third-order valence-corrected chi connectivity index (χ3v) is 5.30. The smallest absolute Gasteiger partial charge is 0.251 e. The van der Waals surface area contributed by atoms with Gasteiger partial charge < -0.3 is 10.1 Å².